The number of hydrogen-bond acceptors (Lipinski definition) is 5. The van der Waals surface area contributed by atoms with E-state index in [1.54, 1.807) is 12.4 Å². The van der Waals surface area contributed by atoms with Crippen LogP contribution in [-0.2, 0) is 13.1 Å². The normalized spacial score (nSPS) is 10.8. The Morgan fingerprint density at radius 2 is 2.05 bits per heavy atom. The zero-order chi connectivity index (χ0) is 13.9. The topological polar surface area (TPSA) is 98.3 Å². The first-order valence-corrected chi connectivity index (χ1v) is 6.26. The monoisotopic (exact) mass is 267 g/mol. The van der Waals surface area contributed by atoms with Gasteiger partial charge in [-0.05, 0) is 18.6 Å². The summed E-state index contributed by atoms with van der Waals surface area (Å²) in [5.74, 6) is 0.394. The highest BCUT2D eigenvalue weighted by Crippen LogP contribution is 2.14. The average Bonchev–Trinajstić information content (AvgIpc) is 3.07. The van der Waals surface area contributed by atoms with Crippen LogP contribution in [0, 0.1) is 11.3 Å². The highest BCUT2D eigenvalue weighted by Gasteiger charge is 2.07. The van der Waals surface area contributed by atoms with Gasteiger partial charge in [0.15, 0.2) is 11.5 Å². The number of nitrogen functional groups attached to an aromatic ring is 1. The molecule has 0 unspecified atom stereocenters. The van der Waals surface area contributed by atoms with Crippen LogP contribution in [-0.4, -0.2) is 24.1 Å². The first-order valence-electron chi connectivity index (χ1n) is 6.26. The SMILES string of the molecule is N#Cc1cccn1CCCn1cnc2c(N)ncnc21. The molecule has 0 amide bonds. The van der Waals surface area contributed by atoms with Crippen molar-refractivity contribution in [1.29, 1.82) is 5.26 Å². The standard InChI is InChI=1S/C13H13N7/c14-7-10-3-1-4-19(10)5-2-6-20-9-18-11-12(15)16-8-17-13(11)20/h1,3-4,8-9H,2,5-6H2,(H2,15,16,17). The lowest BCUT2D eigenvalue weighted by Gasteiger charge is -2.06. The van der Waals surface area contributed by atoms with Crippen LogP contribution >= 0.6 is 0 Å². The van der Waals surface area contributed by atoms with E-state index in [2.05, 4.69) is 21.0 Å². The van der Waals surface area contributed by atoms with Crippen LogP contribution in [0.4, 0.5) is 5.82 Å². The number of aromatic nitrogens is 5. The molecule has 0 fully saturated rings. The van der Waals surface area contributed by atoms with Gasteiger partial charge >= 0.3 is 0 Å². The number of nitriles is 1. The molecule has 0 atom stereocenters. The van der Waals surface area contributed by atoms with Gasteiger partial charge in [-0.1, -0.05) is 0 Å². The van der Waals surface area contributed by atoms with Crippen molar-refractivity contribution >= 4 is 17.0 Å². The van der Waals surface area contributed by atoms with Crippen LogP contribution in [0.25, 0.3) is 11.2 Å². The number of nitrogens with two attached hydrogens (primary N) is 1. The number of rotatable bonds is 4. The molecule has 3 aromatic heterocycles. The van der Waals surface area contributed by atoms with Crippen LogP contribution < -0.4 is 5.73 Å². The molecule has 0 saturated carbocycles. The third kappa shape index (κ3) is 2.07. The predicted octanol–water partition coefficient (Wildman–Crippen LogP) is 1.17. The summed E-state index contributed by atoms with van der Waals surface area (Å²) < 4.78 is 3.88. The quantitative estimate of drug-likeness (QED) is 0.765. The lowest BCUT2D eigenvalue weighted by Crippen LogP contribution is -2.05. The summed E-state index contributed by atoms with van der Waals surface area (Å²) in [6.45, 7) is 1.53. The fourth-order valence-electron chi connectivity index (χ4n) is 2.18. The van der Waals surface area contributed by atoms with Crippen molar-refractivity contribution in [2.24, 2.45) is 0 Å². The number of anilines is 1. The molecule has 0 aliphatic carbocycles. The predicted molar refractivity (Wildman–Crippen MR) is 73.5 cm³/mol. The zero-order valence-electron chi connectivity index (χ0n) is 10.8. The molecule has 0 aliphatic rings. The molecule has 3 aromatic rings. The van der Waals surface area contributed by atoms with Crippen LogP contribution in [0.1, 0.15) is 12.1 Å². The van der Waals surface area contributed by atoms with E-state index in [4.69, 9.17) is 11.0 Å². The van der Waals surface area contributed by atoms with E-state index in [1.807, 2.05) is 21.4 Å². The Morgan fingerprint density at radius 3 is 2.90 bits per heavy atom. The maximum Gasteiger partial charge on any atom is 0.165 e. The second-order valence-electron chi connectivity index (χ2n) is 4.42. The smallest absolute Gasteiger partial charge is 0.165 e. The molecule has 7 nitrogen and oxygen atoms in total. The van der Waals surface area contributed by atoms with Crippen LogP contribution in [0.15, 0.2) is 31.0 Å². The Morgan fingerprint density at radius 1 is 1.20 bits per heavy atom. The van der Waals surface area contributed by atoms with Crippen molar-refractivity contribution in [3.63, 3.8) is 0 Å². The second kappa shape index (κ2) is 5.01. The molecule has 0 bridgehead atoms. The zero-order valence-corrected chi connectivity index (χ0v) is 10.8. The van der Waals surface area contributed by atoms with E-state index >= 15 is 0 Å². The van der Waals surface area contributed by atoms with Gasteiger partial charge in [-0.2, -0.15) is 5.26 Å². The number of aryl methyl sites for hydroxylation is 2. The van der Waals surface area contributed by atoms with Gasteiger partial charge in [-0.15, -0.1) is 0 Å². The van der Waals surface area contributed by atoms with Gasteiger partial charge in [-0.25, -0.2) is 15.0 Å². The molecule has 2 N–H and O–H groups in total. The van der Waals surface area contributed by atoms with E-state index in [-0.39, 0.29) is 0 Å². The second-order valence-corrected chi connectivity index (χ2v) is 4.42. The van der Waals surface area contributed by atoms with Crippen molar-refractivity contribution in [2.75, 3.05) is 5.73 Å². The summed E-state index contributed by atoms with van der Waals surface area (Å²) in [5, 5.41) is 8.95. The molecule has 20 heavy (non-hydrogen) atoms. The summed E-state index contributed by atoms with van der Waals surface area (Å²) in [6, 6.07) is 5.84. The van der Waals surface area contributed by atoms with Crippen LogP contribution in [0.5, 0.6) is 0 Å². The number of fused-ring (bicyclic) bond motifs is 1. The molecule has 3 heterocycles. The molecular formula is C13H13N7. The lowest BCUT2D eigenvalue weighted by molar-refractivity contribution is 0.568. The highest BCUT2D eigenvalue weighted by molar-refractivity contribution is 5.80. The van der Waals surface area contributed by atoms with E-state index in [0.717, 1.165) is 25.2 Å². The van der Waals surface area contributed by atoms with E-state index in [1.165, 1.54) is 6.33 Å². The Balaban J connectivity index is 1.72. The molecule has 3 rings (SSSR count). The highest BCUT2D eigenvalue weighted by atomic mass is 15.1. The molecule has 0 radical (unpaired) electrons. The average molecular weight is 267 g/mol. The molecule has 7 heteroatoms. The van der Waals surface area contributed by atoms with E-state index in [0.29, 0.717) is 17.0 Å². The Kier molecular flexibility index (Phi) is 3.05. The Labute approximate surface area is 115 Å². The third-order valence-electron chi connectivity index (χ3n) is 3.17. The number of imidazole rings is 1. The van der Waals surface area contributed by atoms with Crippen molar-refractivity contribution in [3.8, 4) is 6.07 Å². The van der Waals surface area contributed by atoms with Crippen LogP contribution in [0.3, 0.4) is 0 Å². The molecule has 0 aromatic carbocycles. The van der Waals surface area contributed by atoms with Gasteiger partial charge in [0.1, 0.15) is 23.6 Å². The minimum atomic E-state index is 0.394. The molecule has 0 aliphatic heterocycles. The maximum atomic E-state index is 8.95. The fraction of sp³-hybridized carbons (Fsp3) is 0.231. The van der Waals surface area contributed by atoms with Gasteiger partial charge in [0.25, 0.3) is 0 Å². The Hall–Kier alpha value is -2.88. The van der Waals surface area contributed by atoms with Gasteiger partial charge in [0.2, 0.25) is 0 Å². The summed E-state index contributed by atoms with van der Waals surface area (Å²) in [5.41, 5.74) is 7.79. The van der Waals surface area contributed by atoms with Gasteiger partial charge < -0.3 is 14.9 Å². The van der Waals surface area contributed by atoms with Crippen molar-refractivity contribution in [1.82, 2.24) is 24.1 Å². The Bertz CT molecular complexity index is 777. The number of hydrogen-bond donors (Lipinski definition) is 1. The van der Waals surface area contributed by atoms with Gasteiger partial charge in [-0.3, -0.25) is 0 Å². The first kappa shape index (κ1) is 12.2. The van der Waals surface area contributed by atoms with Gasteiger partial charge in [0, 0.05) is 19.3 Å². The summed E-state index contributed by atoms with van der Waals surface area (Å²) in [4.78, 5) is 12.3. The molecule has 100 valence electrons. The van der Waals surface area contributed by atoms with Crippen LogP contribution in [0.2, 0.25) is 0 Å². The number of nitrogens with zero attached hydrogens (tertiary/aromatic N) is 6. The largest absolute Gasteiger partial charge is 0.382 e. The van der Waals surface area contributed by atoms with Crippen molar-refractivity contribution < 1.29 is 0 Å². The van der Waals surface area contributed by atoms with E-state index < -0.39 is 0 Å². The maximum absolute atomic E-state index is 8.95. The van der Waals surface area contributed by atoms with Crippen molar-refractivity contribution in [2.45, 2.75) is 19.5 Å². The fourth-order valence-corrected chi connectivity index (χ4v) is 2.18. The molecule has 0 spiro atoms. The summed E-state index contributed by atoms with van der Waals surface area (Å²) in [7, 11) is 0. The molecular weight excluding hydrogens is 254 g/mol. The van der Waals surface area contributed by atoms with Crippen molar-refractivity contribution in [3.05, 3.63) is 36.7 Å². The minimum absolute atomic E-state index is 0.394. The van der Waals surface area contributed by atoms with E-state index in [9.17, 15) is 0 Å². The lowest BCUT2D eigenvalue weighted by atomic mass is 10.4. The summed E-state index contributed by atoms with van der Waals surface area (Å²) >= 11 is 0. The summed E-state index contributed by atoms with van der Waals surface area (Å²) in [6.07, 6.45) is 5.94. The third-order valence-corrected chi connectivity index (χ3v) is 3.17. The first-order chi connectivity index (χ1) is 9.79. The minimum Gasteiger partial charge on any atom is -0.382 e. The van der Waals surface area contributed by atoms with Gasteiger partial charge in [0.05, 0.1) is 6.33 Å². The molecule has 0 saturated heterocycles.